The number of hydrogen-bond acceptors (Lipinski definition) is 2. The van der Waals surface area contributed by atoms with Crippen LogP contribution in [-0.2, 0) is 13.1 Å². The van der Waals surface area contributed by atoms with E-state index in [2.05, 4.69) is 17.1 Å². The smallest absolute Gasteiger partial charge is 0.127 e. The summed E-state index contributed by atoms with van der Waals surface area (Å²) in [5.41, 5.74) is 1.99. The fraction of sp³-hybridized carbons (Fsp3) is 0.625. The molecule has 1 N–H and O–H groups in total. The van der Waals surface area contributed by atoms with Crippen molar-refractivity contribution >= 4 is 0 Å². The first kappa shape index (κ1) is 14.5. The van der Waals surface area contributed by atoms with Gasteiger partial charge in [0, 0.05) is 25.2 Å². The van der Waals surface area contributed by atoms with E-state index in [4.69, 9.17) is 0 Å². The second kappa shape index (κ2) is 7.01. The van der Waals surface area contributed by atoms with Gasteiger partial charge in [0.05, 0.1) is 0 Å². The molecule has 1 saturated heterocycles. The lowest BCUT2D eigenvalue weighted by Crippen LogP contribution is -2.34. The van der Waals surface area contributed by atoms with E-state index in [1.165, 1.54) is 19.3 Å². The Morgan fingerprint density at radius 2 is 2.26 bits per heavy atom. The van der Waals surface area contributed by atoms with Gasteiger partial charge in [-0.05, 0) is 44.0 Å². The molecule has 0 saturated carbocycles. The van der Waals surface area contributed by atoms with E-state index in [-0.39, 0.29) is 5.82 Å². The Morgan fingerprint density at radius 3 is 3.00 bits per heavy atom. The predicted octanol–water partition coefficient (Wildman–Crippen LogP) is 3.17. The lowest BCUT2D eigenvalue weighted by molar-refractivity contribution is 0.163. The molecule has 1 aromatic carbocycles. The van der Waals surface area contributed by atoms with E-state index in [1.807, 2.05) is 19.2 Å². The first-order valence-electron chi connectivity index (χ1n) is 7.37. The van der Waals surface area contributed by atoms with Crippen molar-refractivity contribution in [2.24, 2.45) is 5.92 Å². The van der Waals surface area contributed by atoms with Gasteiger partial charge >= 0.3 is 0 Å². The average Bonchev–Trinajstić information content (AvgIpc) is 2.43. The van der Waals surface area contributed by atoms with Gasteiger partial charge in [-0.3, -0.25) is 4.90 Å². The summed E-state index contributed by atoms with van der Waals surface area (Å²) in [4.78, 5) is 2.40. The van der Waals surface area contributed by atoms with Crippen LogP contribution in [0.5, 0.6) is 0 Å². The van der Waals surface area contributed by atoms with Crippen molar-refractivity contribution in [1.82, 2.24) is 10.2 Å². The Labute approximate surface area is 116 Å². The molecule has 0 aliphatic carbocycles. The summed E-state index contributed by atoms with van der Waals surface area (Å²) >= 11 is 0. The van der Waals surface area contributed by atoms with Gasteiger partial charge in [-0.15, -0.1) is 0 Å². The monoisotopic (exact) mass is 264 g/mol. The molecule has 1 unspecified atom stereocenters. The molecule has 2 nitrogen and oxygen atoms in total. The molecule has 1 atom stereocenters. The molecule has 106 valence electrons. The second-order valence-corrected chi connectivity index (χ2v) is 5.61. The summed E-state index contributed by atoms with van der Waals surface area (Å²) < 4.78 is 13.9. The number of nitrogens with one attached hydrogen (secondary N) is 1. The Hall–Kier alpha value is -0.930. The number of hydrogen-bond donors (Lipinski definition) is 1. The third kappa shape index (κ3) is 4.02. The van der Waals surface area contributed by atoms with Crippen molar-refractivity contribution < 1.29 is 4.39 Å². The highest BCUT2D eigenvalue weighted by Crippen LogP contribution is 2.22. The normalized spacial score (nSPS) is 20.7. The van der Waals surface area contributed by atoms with E-state index >= 15 is 0 Å². The maximum atomic E-state index is 13.9. The van der Waals surface area contributed by atoms with Crippen molar-refractivity contribution in [2.45, 2.75) is 39.3 Å². The summed E-state index contributed by atoms with van der Waals surface area (Å²) in [5, 5.41) is 3.11. The van der Waals surface area contributed by atoms with Gasteiger partial charge in [0.2, 0.25) is 0 Å². The number of halogens is 1. The zero-order valence-corrected chi connectivity index (χ0v) is 12.1. The van der Waals surface area contributed by atoms with Crippen LogP contribution in [-0.4, -0.2) is 25.0 Å². The molecule has 1 aromatic rings. The minimum absolute atomic E-state index is 0.0709. The third-order valence-corrected chi connectivity index (χ3v) is 4.07. The highest BCUT2D eigenvalue weighted by molar-refractivity contribution is 5.25. The molecule has 3 heteroatoms. The molecule has 0 bridgehead atoms. The van der Waals surface area contributed by atoms with E-state index in [0.717, 1.165) is 43.2 Å². The van der Waals surface area contributed by atoms with Crippen molar-refractivity contribution in [3.63, 3.8) is 0 Å². The zero-order chi connectivity index (χ0) is 13.7. The molecular formula is C16H25FN2. The third-order valence-electron chi connectivity index (χ3n) is 4.07. The maximum absolute atomic E-state index is 13.9. The number of piperidine rings is 1. The van der Waals surface area contributed by atoms with E-state index in [1.54, 1.807) is 6.07 Å². The van der Waals surface area contributed by atoms with Gasteiger partial charge in [-0.25, -0.2) is 4.39 Å². The van der Waals surface area contributed by atoms with E-state index in [0.29, 0.717) is 0 Å². The van der Waals surface area contributed by atoms with Crippen LogP contribution < -0.4 is 5.32 Å². The molecule has 0 amide bonds. The van der Waals surface area contributed by atoms with Gasteiger partial charge in [0.25, 0.3) is 0 Å². The van der Waals surface area contributed by atoms with Gasteiger partial charge < -0.3 is 5.32 Å². The van der Waals surface area contributed by atoms with Crippen LogP contribution in [0.25, 0.3) is 0 Å². The standard InChI is InChI=1S/C16H25FN2/c1-3-13-5-4-8-19(11-13)12-15-9-14(10-18-2)6-7-16(15)17/h6-7,9,13,18H,3-5,8,10-12H2,1-2H3. The van der Waals surface area contributed by atoms with Crippen LogP contribution in [0.15, 0.2) is 18.2 Å². The summed E-state index contributed by atoms with van der Waals surface area (Å²) in [7, 11) is 1.92. The SMILES string of the molecule is CCC1CCCN(Cc2cc(CNC)ccc2F)C1. The maximum Gasteiger partial charge on any atom is 0.127 e. The Balaban J connectivity index is 2.03. The van der Waals surface area contributed by atoms with E-state index < -0.39 is 0 Å². The summed E-state index contributed by atoms with van der Waals surface area (Å²) in [6, 6.07) is 5.46. The highest BCUT2D eigenvalue weighted by Gasteiger charge is 2.19. The van der Waals surface area contributed by atoms with Gasteiger partial charge in [-0.1, -0.05) is 25.5 Å². The Bertz CT molecular complexity index is 406. The van der Waals surface area contributed by atoms with Gasteiger partial charge in [-0.2, -0.15) is 0 Å². The van der Waals surface area contributed by atoms with Gasteiger partial charge in [0.1, 0.15) is 5.82 Å². The molecule has 0 radical (unpaired) electrons. The fourth-order valence-electron chi connectivity index (χ4n) is 2.93. The number of nitrogens with zero attached hydrogens (tertiary/aromatic N) is 1. The van der Waals surface area contributed by atoms with Crippen molar-refractivity contribution in [2.75, 3.05) is 20.1 Å². The molecule has 0 aromatic heterocycles. The minimum Gasteiger partial charge on any atom is -0.316 e. The van der Waals surface area contributed by atoms with Crippen LogP contribution >= 0.6 is 0 Å². The van der Waals surface area contributed by atoms with Crippen molar-refractivity contribution in [3.8, 4) is 0 Å². The topological polar surface area (TPSA) is 15.3 Å². The van der Waals surface area contributed by atoms with E-state index in [9.17, 15) is 4.39 Å². The van der Waals surface area contributed by atoms with Crippen molar-refractivity contribution in [1.29, 1.82) is 0 Å². The molecule has 1 fully saturated rings. The lowest BCUT2D eigenvalue weighted by atomic mass is 9.95. The van der Waals surface area contributed by atoms with Crippen LogP contribution in [0, 0.1) is 11.7 Å². The zero-order valence-electron chi connectivity index (χ0n) is 12.1. The summed E-state index contributed by atoms with van der Waals surface area (Å²) in [5.74, 6) is 0.718. The first-order valence-corrected chi connectivity index (χ1v) is 7.37. The van der Waals surface area contributed by atoms with Gasteiger partial charge in [0.15, 0.2) is 0 Å². The quantitative estimate of drug-likeness (QED) is 0.879. The van der Waals surface area contributed by atoms with Crippen molar-refractivity contribution in [3.05, 3.63) is 35.1 Å². The lowest BCUT2D eigenvalue weighted by Gasteiger charge is -2.32. The molecule has 19 heavy (non-hydrogen) atoms. The minimum atomic E-state index is -0.0709. The van der Waals surface area contributed by atoms with Crippen LogP contribution in [0.1, 0.15) is 37.3 Å². The summed E-state index contributed by atoms with van der Waals surface area (Å²) in [6.07, 6.45) is 3.81. The average molecular weight is 264 g/mol. The molecule has 1 aliphatic rings. The first-order chi connectivity index (χ1) is 9.22. The second-order valence-electron chi connectivity index (χ2n) is 5.61. The van der Waals surface area contributed by atoms with Crippen LogP contribution in [0.2, 0.25) is 0 Å². The Kier molecular flexibility index (Phi) is 5.34. The predicted molar refractivity (Wildman–Crippen MR) is 77.5 cm³/mol. The molecule has 2 rings (SSSR count). The van der Waals surface area contributed by atoms with Crippen LogP contribution in [0.4, 0.5) is 4.39 Å². The Morgan fingerprint density at radius 1 is 1.42 bits per heavy atom. The molecular weight excluding hydrogens is 239 g/mol. The molecule has 1 aliphatic heterocycles. The number of benzene rings is 1. The molecule has 0 spiro atoms. The highest BCUT2D eigenvalue weighted by atomic mass is 19.1. The fourth-order valence-corrected chi connectivity index (χ4v) is 2.93. The largest absolute Gasteiger partial charge is 0.316 e. The molecule has 1 heterocycles. The number of likely N-dealkylation sites (tertiary alicyclic amines) is 1. The summed E-state index contributed by atoms with van der Waals surface area (Å²) in [6.45, 7) is 6.02. The number of rotatable bonds is 5. The van der Waals surface area contributed by atoms with Crippen LogP contribution in [0.3, 0.4) is 0 Å².